The molecule has 6 nitrogen and oxygen atoms in total. The molecule has 4 amide bonds. The minimum atomic E-state index is -0.831. The van der Waals surface area contributed by atoms with Crippen molar-refractivity contribution in [1.82, 2.24) is 5.32 Å². The number of nitrogens with zero attached hydrogens (tertiary/aromatic N) is 1. The van der Waals surface area contributed by atoms with Gasteiger partial charge in [-0.2, -0.15) is 0 Å². The second kappa shape index (κ2) is 9.90. The Labute approximate surface area is 210 Å². The zero-order valence-electron chi connectivity index (χ0n) is 18.7. The van der Waals surface area contributed by atoms with Crippen LogP contribution in [-0.4, -0.2) is 17.8 Å². The summed E-state index contributed by atoms with van der Waals surface area (Å²) < 4.78 is 18.8. The van der Waals surface area contributed by atoms with Crippen molar-refractivity contribution in [3.63, 3.8) is 0 Å². The highest BCUT2D eigenvalue weighted by molar-refractivity contribution is 6.40. The van der Waals surface area contributed by atoms with Crippen LogP contribution in [0.1, 0.15) is 22.3 Å². The van der Waals surface area contributed by atoms with E-state index in [1.807, 2.05) is 19.9 Å². The lowest BCUT2D eigenvalue weighted by Crippen LogP contribution is -2.54. The van der Waals surface area contributed by atoms with E-state index in [4.69, 9.17) is 27.9 Å². The normalized spacial score (nSPS) is 14.9. The third kappa shape index (κ3) is 5.37. The van der Waals surface area contributed by atoms with Crippen LogP contribution in [-0.2, 0) is 16.2 Å². The molecule has 1 aliphatic heterocycles. The highest BCUT2D eigenvalue weighted by atomic mass is 35.5. The number of benzene rings is 3. The van der Waals surface area contributed by atoms with Gasteiger partial charge in [0, 0.05) is 0 Å². The number of carbonyl (C=O) groups is 3. The summed E-state index contributed by atoms with van der Waals surface area (Å²) in [7, 11) is 0. The molecule has 1 heterocycles. The van der Waals surface area contributed by atoms with E-state index in [2.05, 4.69) is 5.32 Å². The molecular formula is C26H19Cl2FN2O4. The average molecular weight is 513 g/mol. The third-order valence-electron chi connectivity index (χ3n) is 5.19. The SMILES string of the molecule is Cc1cc(C)cc(N2C(=O)NC(=O)/C(=C\c3cc(Cl)c(OCc4ccc(F)cc4)c(Cl)c3)C2=O)c1. The summed E-state index contributed by atoms with van der Waals surface area (Å²) in [6.07, 6.45) is 1.31. The zero-order chi connectivity index (χ0) is 25.3. The standard InChI is InChI=1S/C26H19Cl2FN2O4/c1-14-7-15(2)9-19(8-14)31-25(33)20(24(32)30-26(31)34)10-17-11-21(27)23(22(28)12-17)35-13-16-3-5-18(29)6-4-16/h3-12H,13H2,1-2H3,(H,30,32,34)/b20-10+. The van der Waals surface area contributed by atoms with E-state index in [1.165, 1.54) is 30.3 Å². The summed E-state index contributed by atoms with van der Waals surface area (Å²) in [5.74, 6) is -1.76. The fourth-order valence-electron chi connectivity index (χ4n) is 3.68. The zero-order valence-corrected chi connectivity index (χ0v) is 20.2. The number of carbonyl (C=O) groups excluding carboxylic acids is 3. The Kier molecular flexibility index (Phi) is 6.91. The van der Waals surface area contributed by atoms with Crippen LogP contribution in [0.5, 0.6) is 5.75 Å². The monoisotopic (exact) mass is 512 g/mol. The van der Waals surface area contributed by atoms with Crippen molar-refractivity contribution in [3.8, 4) is 5.75 Å². The molecule has 0 aromatic heterocycles. The van der Waals surface area contributed by atoms with E-state index in [0.29, 0.717) is 16.8 Å². The summed E-state index contributed by atoms with van der Waals surface area (Å²) >= 11 is 12.7. The molecule has 0 spiro atoms. The van der Waals surface area contributed by atoms with Crippen LogP contribution in [0.3, 0.4) is 0 Å². The van der Waals surface area contributed by atoms with Crippen LogP contribution in [0.15, 0.2) is 60.2 Å². The minimum absolute atomic E-state index is 0.105. The maximum absolute atomic E-state index is 13.2. The number of nitrogens with one attached hydrogen (secondary N) is 1. The predicted molar refractivity (Wildman–Crippen MR) is 132 cm³/mol. The first kappa shape index (κ1) is 24.4. The van der Waals surface area contributed by atoms with Crippen molar-refractivity contribution in [2.24, 2.45) is 0 Å². The molecule has 0 unspecified atom stereocenters. The molecule has 35 heavy (non-hydrogen) atoms. The fourth-order valence-corrected chi connectivity index (χ4v) is 4.29. The van der Waals surface area contributed by atoms with Gasteiger partial charge < -0.3 is 4.74 Å². The molecule has 1 N–H and O–H groups in total. The van der Waals surface area contributed by atoms with Crippen molar-refractivity contribution in [2.75, 3.05) is 4.90 Å². The van der Waals surface area contributed by atoms with Gasteiger partial charge in [0.15, 0.2) is 5.75 Å². The molecule has 0 radical (unpaired) electrons. The van der Waals surface area contributed by atoms with Gasteiger partial charge in [0.05, 0.1) is 15.7 Å². The Morgan fingerprint density at radius 3 is 2.14 bits per heavy atom. The van der Waals surface area contributed by atoms with E-state index in [9.17, 15) is 18.8 Å². The number of ether oxygens (including phenoxy) is 1. The number of barbiturate groups is 1. The summed E-state index contributed by atoms with van der Waals surface area (Å²) in [6.45, 7) is 3.79. The second-order valence-electron chi connectivity index (χ2n) is 8.03. The van der Waals surface area contributed by atoms with Gasteiger partial charge in [-0.3, -0.25) is 14.9 Å². The van der Waals surface area contributed by atoms with Crippen molar-refractivity contribution in [3.05, 3.63) is 98.3 Å². The number of aryl methyl sites for hydroxylation is 2. The topological polar surface area (TPSA) is 75.7 Å². The number of urea groups is 1. The van der Waals surface area contributed by atoms with Gasteiger partial charge in [-0.1, -0.05) is 41.4 Å². The van der Waals surface area contributed by atoms with Gasteiger partial charge in [-0.05, 0) is 78.6 Å². The first-order valence-electron chi connectivity index (χ1n) is 10.5. The van der Waals surface area contributed by atoms with E-state index in [1.54, 1.807) is 24.3 Å². The Morgan fingerprint density at radius 2 is 1.54 bits per heavy atom. The van der Waals surface area contributed by atoms with Gasteiger partial charge in [-0.15, -0.1) is 0 Å². The molecule has 0 saturated carbocycles. The number of imide groups is 2. The lowest BCUT2D eigenvalue weighted by molar-refractivity contribution is -0.122. The molecule has 0 atom stereocenters. The molecule has 1 fully saturated rings. The quantitative estimate of drug-likeness (QED) is 0.336. The molecule has 3 aromatic rings. The Balaban J connectivity index is 1.62. The molecule has 0 aliphatic carbocycles. The fraction of sp³-hybridized carbons (Fsp3) is 0.115. The molecule has 178 valence electrons. The van der Waals surface area contributed by atoms with Crippen LogP contribution >= 0.6 is 23.2 Å². The highest BCUT2D eigenvalue weighted by Gasteiger charge is 2.37. The van der Waals surface area contributed by atoms with Crippen LogP contribution < -0.4 is 15.0 Å². The largest absolute Gasteiger partial charge is 0.486 e. The molecule has 4 rings (SSSR count). The van der Waals surface area contributed by atoms with Crippen LogP contribution in [0.25, 0.3) is 6.08 Å². The Bertz CT molecular complexity index is 1340. The Hall–Kier alpha value is -3.68. The maximum atomic E-state index is 13.2. The lowest BCUT2D eigenvalue weighted by atomic mass is 10.1. The van der Waals surface area contributed by atoms with Crippen molar-refractivity contribution >= 4 is 52.8 Å². The number of anilines is 1. The first-order valence-corrected chi connectivity index (χ1v) is 11.2. The summed E-state index contributed by atoms with van der Waals surface area (Å²) in [4.78, 5) is 39.0. The second-order valence-corrected chi connectivity index (χ2v) is 8.85. The maximum Gasteiger partial charge on any atom is 0.335 e. The first-order chi connectivity index (χ1) is 16.6. The molecule has 3 aromatic carbocycles. The molecule has 0 bridgehead atoms. The van der Waals surface area contributed by atoms with Crippen molar-refractivity contribution in [2.45, 2.75) is 20.5 Å². The van der Waals surface area contributed by atoms with Crippen molar-refractivity contribution in [1.29, 1.82) is 0 Å². The molecule has 1 aliphatic rings. The smallest absolute Gasteiger partial charge is 0.335 e. The van der Waals surface area contributed by atoms with Gasteiger partial charge in [0.1, 0.15) is 18.0 Å². The average Bonchev–Trinajstić information content (AvgIpc) is 2.76. The highest BCUT2D eigenvalue weighted by Crippen LogP contribution is 2.36. The van der Waals surface area contributed by atoms with Crippen LogP contribution in [0.4, 0.5) is 14.9 Å². The van der Waals surface area contributed by atoms with Crippen LogP contribution in [0, 0.1) is 19.7 Å². The summed E-state index contributed by atoms with van der Waals surface area (Å²) in [6, 6.07) is 13.2. The number of halogens is 3. The van der Waals surface area contributed by atoms with E-state index < -0.39 is 17.8 Å². The summed E-state index contributed by atoms with van der Waals surface area (Å²) in [5.41, 5.74) is 2.89. The van der Waals surface area contributed by atoms with E-state index in [0.717, 1.165) is 16.0 Å². The van der Waals surface area contributed by atoms with E-state index in [-0.39, 0.29) is 33.8 Å². The molecule has 9 heteroatoms. The lowest BCUT2D eigenvalue weighted by Gasteiger charge is -2.27. The number of rotatable bonds is 5. The molecule has 1 saturated heterocycles. The summed E-state index contributed by atoms with van der Waals surface area (Å²) in [5, 5.41) is 2.49. The predicted octanol–water partition coefficient (Wildman–Crippen LogP) is 5.99. The number of amides is 4. The Morgan fingerprint density at radius 1 is 0.943 bits per heavy atom. The number of hydrogen-bond donors (Lipinski definition) is 1. The minimum Gasteiger partial charge on any atom is -0.486 e. The number of hydrogen-bond acceptors (Lipinski definition) is 4. The van der Waals surface area contributed by atoms with Gasteiger partial charge in [-0.25, -0.2) is 14.1 Å². The van der Waals surface area contributed by atoms with Crippen molar-refractivity contribution < 1.29 is 23.5 Å². The van der Waals surface area contributed by atoms with Crippen LogP contribution in [0.2, 0.25) is 10.0 Å². The van der Waals surface area contributed by atoms with Gasteiger partial charge >= 0.3 is 6.03 Å². The molecular weight excluding hydrogens is 494 g/mol. The third-order valence-corrected chi connectivity index (χ3v) is 5.76. The van der Waals surface area contributed by atoms with Gasteiger partial charge in [0.2, 0.25) is 0 Å². The van der Waals surface area contributed by atoms with Gasteiger partial charge in [0.25, 0.3) is 11.8 Å². The van der Waals surface area contributed by atoms with E-state index >= 15 is 0 Å².